The zero-order valence-corrected chi connectivity index (χ0v) is 16.9. The number of alkyl halides is 1. The predicted molar refractivity (Wildman–Crippen MR) is 102 cm³/mol. The molecule has 0 saturated heterocycles. The lowest BCUT2D eigenvalue weighted by atomic mass is 9.45. The maximum Gasteiger partial charge on any atom is 0.303 e. The first-order valence-corrected chi connectivity index (χ1v) is 10.1. The Morgan fingerprint density at radius 2 is 1.93 bits per heavy atom. The first-order valence-electron chi connectivity index (χ1n) is 10.1. The second-order valence-electron chi connectivity index (χ2n) is 9.26. The zero-order valence-electron chi connectivity index (χ0n) is 16.9. The predicted octanol–water partition coefficient (Wildman–Crippen LogP) is 4.05. The van der Waals surface area contributed by atoms with Gasteiger partial charge in [0, 0.05) is 23.7 Å². The third-order valence-corrected chi connectivity index (χ3v) is 7.89. The normalized spacial score (nSPS) is 44.0. The third-order valence-electron chi connectivity index (χ3n) is 7.89. The molecule has 0 amide bonds. The average molecular weight is 386 g/mol. The summed E-state index contributed by atoms with van der Waals surface area (Å²) < 4.78 is 22.8. The number of allylic oxidation sites excluding steroid dienone is 6. The Morgan fingerprint density at radius 3 is 2.57 bits per heavy atom. The third kappa shape index (κ3) is 2.31. The van der Waals surface area contributed by atoms with E-state index < -0.39 is 28.6 Å². The average Bonchev–Trinajstić information content (AvgIpc) is 2.93. The number of fused-ring (bicyclic) bond motifs is 5. The minimum Gasteiger partial charge on any atom is -0.459 e. The van der Waals surface area contributed by atoms with E-state index in [0.29, 0.717) is 19.3 Å². The number of halogens is 1. The van der Waals surface area contributed by atoms with E-state index in [9.17, 15) is 14.4 Å². The van der Waals surface area contributed by atoms with E-state index in [0.717, 1.165) is 11.1 Å². The molecule has 4 aliphatic rings. The van der Waals surface area contributed by atoms with Crippen molar-refractivity contribution < 1.29 is 23.5 Å². The number of hydrogen-bond acceptors (Lipinski definition) is 4. The lowest BCUT2D eigenvalue weighted by Crippen LogP contribution is -2.67. The van der Waals surface area contributed by atoms with Crippen LogP contribution in [0.25, 0.3) is 0 Å². The lowest BCUT2D eigenvalue weighted by molar-refractivity contribution is -0.206. The second-order valence-corrected chi connectivity index (χ2v) is 9.26. The van der Waals surface area contributed by atoms with Gasteiger partial charge in [-0.1, -0.05) is 24.6 Å². The van der Waals surface area contributed by atoms with Crippen LogP contribution < -0.4 is 0 Å². The molecule has 0 aromatic heterocycles. The molecule has 0 aromatic carbocycles. The quantitative estimate of drug-likeness (QED) is 0.672. The summed E-state index contributed by atoms with van der Waals surface area (Å²) in [5.74, 6) is -1.02. The highest BCUT2D eigenvalue weighted by molar-refractivity contribution is 6.01. The van der Waals surface area contributed by atoms with Crippen molar-refractivity contribution in [2.24, 2.45) is 22.7 Å². The molecular weight excluding hydrogens is 359 g/mol. The summed E-state index contributed by atoms with van der Waals surface area (Å²) in [6, 6.07) is 0. The molecule has 0 aromatic rings. The van der Waals surface area contributed by atoms with E-state index >= 15 is 4.39 Å². The number of carbonyl (C=O) groups is 3. The van der Waals surface area contributed by atoms with E-state index in [1.165, 1.54) is 13.0 Å². The van der Waals surface area contributed by atoms with Gasteiger partial charge in [0.2, 0.25) is 0 Å². The molecule has 6 atom stereocenters. The molecule has 0 spiro atoms. The van der Waals surface area contributed by atoms with Crippen LogP contribution in [0.4, 0.5) is 4.39 Å². The first kappa shape index (κ1) is 19.3. The maximum absolute atomic E-state index is 17.2. The van der Waals surface area contributed by atoms with Gasteiger partial charge in [-0.05, 0) is 63.2 Å². The molecule has 2 saturated carbocycles. The minimum absolute atomic E-state index is 0.00342. The Labute approximate surface area is 164 Å². The number of ether oxygens (including phenoxy) is 1. The first-order chi connectivity index (χ1) is 13.0. The highest BCUT2D eigenvalue weighted by atomic mass is 19.1. The summed E-state index contributed by atoms with van der Waals surface area (Å²) in [5, 5.41) is 0. The molecule has 150 valence electrons. The van der Waals surface area contributed by atoms with Crippen LogP contribution in [-0.4, -0.2) is 29.3 Å². The summed E-state index contributed by atoms with van der Waals surface area (Å²) >= 11 is 0. The van der Waals surface area contributed by atoms with Crippen LogP contribution in [-0.2, 0) is 19.1 Å². The Morgan fingerprint density at radius 1 is 1.21 bits per heavy atom. The second kappa shape index (κ2) is 5.98. The van der Waals surface area contributed by atoms with Gasteiger partial charge in [0.15, 0.2) is 17.2 Å². The fourth-order valence-corrected chi connectivity index (χ4v) is 6.62. The van der Waals surface area contributed by atoms with E-state index in [4.69, 9.17) is 4.74 Å². The molecule has 28 heavy (non-hydrogen) atoms. The van der Waals surface area contributed by atoms with Gasteiger partial charge in [0.25, 0.3) is 0 Å². The van der Waals surface area contributed by atoms with Gasteiger partial charge in [-0.3, -0.25) is 14.4 Å². The van der Waals surface area contributed by atoms with Crippen molar-refractivity contribution in [3.63, 3.8) is 0 Å². The fraction of sp³-hybridized carbons (Fsp3) is 0.609. The largest absolute Gasteiger partial charge is 0.459 e. The summed E-state index contributed by atoms with van der Waals surface area (Å²) in [6.45, 7) is 6.69. The summed E-state index contributed by atoms with van der Waals surface area (Å²) in [6.07, 6.45) is 7.79. The van der Waals surface area contributed by atoms with Crippen LogP contribution >= 0.6 is 0 Å². The van der Waals surface area contributed by atoms with Crippen LogP contribution in [0.1, 0.15) is 53.4 Å². The van der Waals surface area contributed by atoms with Crippen LogP contribution in [0.3, 0.4) is 0 Å². The number of rotatable bonds is 2. The van der Waals surface area contributed by atoms with Crippen LogP contribution in [0.2, 0.25) is 0 Å². The standard InChI is InChI=1S/C23H27FO4/c1-13(25)17-7-8-18-19-6-5-15-11-16(27)9-10-22(15,4)23(19,24)20(28-14(2)26)12-21(17,18)3/h7,9-11,18-20H,5-6,8,12H2,1-4H3/t18-,19-,20?,21+,22-,23-/m0/s1. The molecule has 0 N–H and O–H groups in total. The number of Topliss-reactive ketones (excluding diaryl/α,β-unsaturated/α-hetero) is 1. The number of ketones is 2. The van der Waals surface area contributed by atoms with Crippen molar-refractivity contribution in [3.05, 3.63) is 35.5 Å². The van der Waals surface area contributed by atoms with Crippen LogP contribution in [0, 0.1) is 22.7 Å². The van der Waals surface area contributed by atoms with E-state index in [1.54, 1.807) is 19.1 Å². The molecule has 2 fully saturated rings. The van der Waals surface area contributed by atoms with E-state index in [-0.39, 0.29) is 29.8 Å². The van der Waals surface area contributed by atoms with Crippen molar-refractivity contribution >= 4 is 17.5 Å². The molecule has 0 bridgehead atoms. The SMILES string of the molecule is CC(=O)OC1C[C@]2(C)C(C(C)=O)=CC[C@H]2[C@@H]2CCC3=CC(=O)C=C[C@]3(C)[C@@]12F. The highest BCUT2D eigenvalue weighted by Gasteiger charge is 2.70. The summed E-state index contributed by atoms with van der Waals surface area (Å²) in [7, 11) is 0. The molecule has 5 heteroatoms. The van der Waals surface area contributed by atoms with Gasteiger partial charge in [-0.15, -0.1) is 0 Å². The topological polar surface area (TPSA) is 60.4 Å². The zero-order chi connectivity index (χ0) is 20.5. The minimum atomic E-state index is -1.82. The Bertz CT molecular complexity index is 868. The van der Waals surface area contributed by atoms with E-state index in [2.05, 4.69) is 0 Å². The molecule has 4 nitrogen and oxygen atoms in total. The van der Waals surface area contributed by atoms with Gasteiger partial charge in [-0.25, -0.2) is 4.39 Å². The molecule has 4 aliphatic carbocycles. The van der Waals surface area contributed by atoms with Crippen LogP contribution in [0.15, 0.2) is 35.5 Å². The Hall–Kier alpha value is -2.04. The fourth-order valence-electron chi connectivity index (χ4n) is 6.62. The van der Waals surface area contributed by atoms with Crippen LogP contribution in [0.5, 0.6) is 0 Å². The highest BCUT2D eigenvalue weighted by Crippen LogP contribution is 2.68. The van der Waals surface area contributed by atoms with Gasteiger partial charge < -0.3 is 4.74 Å². The lowest BCUT2D eigenvalue weighted by Gasteiger charge is -2.62. The number of hydrogen-bond donors (Lipinski definition) is 0. The van der Waals surface area contributed by atoms with Crippen molar-refractivity contribution in [1.82, 2.24) is 0 Å². The molecule has 4 rings (SSSR count). The van der Waals surface area contributed by atoms with Gasteiger partial charge in [-0.2, -0.15) is 0 Å². The maximum atomic E-state index is 17.2. The monoisotopic (exact) mass is 386 g/mol. The van der Waals surface area contributed by atoms with Gasteiger partial charge in [0.05, 0.1) is 0 Å². The number of carbonyl (C=O) groups excluding carboxylic acids is 3. The smallest absolute Gasteiger partial charge is 0.303 e. The summed E-state index contributed by atoms with van der Waals surface area (Å²) in [4.78, 5) is 36.1. The Kier molecular flexibility index (Phi) is 4.12. The molecule has 0 radical (unpaired) electrons. The van der Waals surface area contributed by atoms with E-state index in [1.807, 2.05) is 19.9 Å². The molecule has 1 unspecified atom stereocenters. The van der Waals surface area contributed by atoms with Crippen molar-refractivity contribution in [3.8, 4) is 0 Å². The number of esters is 1. The van der Waals surface area contributed by atoms with Crippen molar-refractivity contribution in [2.45, 2.75) is 65.2 Å². The molecular formula is C23H27FO4. The van der Waals surface area contributed by atoms with Gasteiger partial charge >= 0.3 is 5.97 Å². The summed E-state index contributed by atoms with van der Waals surface area (Å²) in [5.41, 5.74) is -1.80. The van der Waals surface area contributed by atoms with Gasteiger partial charge in [0.1, 0.15) is 6.10 Å². The molecule has 0 aliphatic heterocycles. The Balaban J connectivity index is 1.86. The molecule has 0 heterocycles. The van der Waals surface area contributed by atoms with Crippen molar-refractivity contribution in [2.75, 3.05) is 0 Å². The van der Waals surface area contributed by atoms with Crippen molar-refractivity contribution in [1.29, 1.82) is 0 Å².